The predicted molar refractivity (Wildman–Crippen MR) is 91.3 cm³/mol. The first kappa shape index (κ1) is 17.3. The Morgan fingerprint density at radius 3 is 2.76 bits per heavy atom. The number of hydrogen-bond donors (Lipinski definition) is 3. The molecule has 0 radical (unpaired) electrons. The number of likely N-dealkylation sites (N-methyl/N-ethyl adjacent to an activating group) is 1. The van der Waals surface area contributed by atoms with Crippen LogP contribution in [0.15, 0.2) is 18.2 Å². The minimum absolute atomic E-state index is 0.0353. The molecule has 0 aromatic heterocycles. The number of carbonyl (C=O) groups excluding carboxylic acids is 1. The van der Waals surface area contributed by atoms with Crippen molar-refractivity contribution in [3.63, 3.8) is 0 Å². The van der Waals surface area contributed by atoms with E-state index in [2.05, 4.69) is 10.6 Å². The highest BCUT2D eigenvalue weighted by atomic mass is 16.6. The largest absolute Gasteiger partial charge is 0.486 e. The molecule has 136 valence electrons. The molecule has 0 saturated heterocycles. The van der Waals surface area contributed by atoms with Crippen molar-refractivity contribution in [1.82, 2.24) is 10.2 Å². The third-order valence-electron chi connectivity index (χ3n) is 4.52. The fourth-order valence-electron chi connectivity index (χ4n) is 3.19. The van der Waals surface area contributed by atoms with E-state index >= 15 is 0 Å². The first-order chi connectivity index (χ1) is 12.1. The summed E-state index contributed by atoms with van der Waals surface area (Å²) < 4.78 is 11.1. The highest BCUT2D eigenvalue weighted by molar-refractivity contribution is 5.91. The van der Waals surface area contributed by atoms with Gasteiger partial charge in [0.25, 0.3) is 0 Å². The number of amides is 2. The lowest BCUT2D eigenvalue weighted by Gasteiger charge is -2.42. The van der Waals surface area contributed by atoms with Gasteiger partial charge in [0, 0.05) is 12.1 Å². The van der Waals surface area contributed by atoms with Crippen molar-refractivity contribution in [1.29, 1.82) is 0 Å². The van der Waals surface area contributed by atoms with Gasteiger partial charge in [-0.15, -0.1) is 0 Å². The average Bonchev–Trinajstić information content (AvgIpc) is 2.56. The average molecular weight is 349 g/mol. The SMILES string of the molecule is CCN(CC(=O)O)C1CC(NC(=O)Nc2cccc3c2OCCO3)C1. The molecule has 1 aromatic carbocycles. The van der Waals surface area contributed by atoms with Crippen LogP contribution in [0.4, 0.5) is 10.5 Å². The molecule has 1 fully saturated rings. The molecule has 3 rings (SSSR count). The zero-order chi connectivity index (χ0) is 17.8. The standard InChI is InChI=1S/C17H23N3O5/c1-2-20(10-15(21)22)12-8-11(9-12)18-17(23)19-13-4-3-5-14-16(13)25-7-6-24-14/h3-5,11-12H,2,6-10H2,1H3,(H,21,22)(H2,18,19,23). The minimum atomic E-state index is -0.827. The number of fused-ring (bicyclic) bond motifs is 1. The second-order valence-electron chi connectivity index (χ2n) is 6.21. The van der Waals surface area contributed by atoms with Crippen LogP contribution in [-0.4, -0.2) is 60.4 Å². The van der Waals surface area contributed by atoms with Crippen LogP contribution in [0.25, 0.3) is 0 Å². The molecule has 0 atom stereocenters. The minimum Gasteiger partial charge on any atom is -0.486 e. The van der Waals surface area contributed by atoms with E-state index in [0.29, 0.717) is 36.9 Å². The summed E-state index contributed by atoms with van der Waals surface area (Å²) in [5.74, 6) is 0.348. The van der Waals surface area contributed by atoms with E-state index in [1.165, 1.54) is 0 Å². The van der Waals surface area contributed by atoms with E-state index in [4.69, 9.17) is 14.6 Å². The third-order valence-corrected chi connectivity index (χ3v) is 4.52. The van der Waals surface area contributed by atoms with Gasteiger partial charge in [-0.25, -0.2) is 4.79 Å². The van der Waals surface area contributed by atoms with Crippen LogP contribution in [0.3, 0.4) is 0 Å². The van der Waals surface area contributed by atoms with Gasteiger partial charge >= 0.3 is 12.0 Å². The Balaban J connectivity index is 1.49. The number of carboxylic acid groups (broad SMARTS) is 1. The van der Waals surface area contributed by atoms with Crippen LogP contribution in [-0.2, 0) is 4.79 Å². The molecule has 8 nitrogen and oxygen atoms in total. The van der Waals surface area contributed by atoms with Crippen LogP contribution >= 0.6 is 0 Å². The number of aliphatic carboxylic acids is 1. The second kappa shape index (κ2) is 7.60. The number of carbonyl (C=O) groups is 2. The fraction of sp³-hybridized carbons (Fsp3) is 0.529. The number of benzene rings is 1. The number of anilines is 1. The molecule has 2 aliphatic rings. The second-order valence-corrected chi connectivity index (χ2v) is 6.21. The van der Waals surface area contributed by atoms with Crippen LogP contribution < -0.4 is 20.1 Å². The van der Waals surface area contributed by atoms with Crippen LogP contribution in [0.5, 0.6) is 11.5 Å². The zero-order valence-corrected chi connectivity index (χ0v) is 14.2. The van der Waals surface area contributed by atoms with Crippen molar-refractivity contribution < 1.29 is 24.2 Å². The number of hydrogen-bond acceptors (Lipinski definition) is 5. The van der Waals surface area contributed by atoms with Gasteiger partial charge in [0.05, 0.1) is 12.2 Å². The number of nitrogens with one attached hydrogen (secondary N) is 2. The summed E-state index contributed by atoms with van der Waals surface area (Å²) in [6.07, 6.45) is 1.50. The van der Waals surface area contributed by atoms with Gasteiger partial charge < -0.3 is 25.2 Å². The Bertz CT molecular complexity index is 645. The highest BCUT2D eigenvalue weighted by Gasteiger charge is 2.34. The molecule has 0 bridgehead atoms. The summed E-state index contributed by atoms with van der Waals surface area (Å²) in [4.78, 5) is 25.0. The van der Waals surface area contributed by atoms with E-state index < -0.39 is 5.97 Å². The van der Waals surface area contributed by atoms with Gasteiger partial charge in [-0.1, -0.05) is 13.0 Å². The van der Waals surface area contributed by atoms with Gasteiger partial charge in [0.2, 0.25) is 0 Å². The van der Waals surface area contributed by atoms with E-state index in [9.17, 15) is 9.59 Å². The first-order valence-corrected chi connectivity index (χ1v) is 8.48. The molecule has 25 heavy (non-hydrogen) atoms. The van der Waals surface area contributed by atoms with Gasteiger partial charge in [-0.2, -0.15) is 0 Å². The Morgan fingerprint density at radius 2 is 2.04 bits per heavy atom. The summed E-state index contributed by atoms with van der Waals surface area (Å²) >= 11 is 0. The predicted octanol–water partition coefficient (Wildman–Crippen LogP) is 1.52. The molecule has 1 aliphatic carbocycles. The number of nitrogens with zero attached hydrogens (tertiary/aromatic N) is 1. The van der Waals surface area contributed by atoms with Gasteiger partial charge in [-0.3, -0.25) is 9.69 Å². The molecule has 1 aliphatic heterocycles. The maximum atomic E-state index is 12.2. The number of ether oxygens (including phenoxy) is 2. The topological polar surface area (TPSA) is 100 Å². The van der Waals surface area contributed by atoms with Crippen molar-refractivity contribution in [2.24, 2.45) is 0 Å². The van der Waals surface area contributed by atoms with Crippen molar-refractivity contribution in [3.05, 3.63) is 18.2 Å². The summed E-state index contributed by atoms with van der Waals surface area (Å²) in [6, 6.07) is 5.32. The number of para-hydroxylation sites is 1. The third kappa shape index (κ3) is 4.14. The Hall–Kier alpha value is -2.48. The lowest BCUT2D eigenvalue weighted by molar-refractivity contribution is -0.139. The lowest BCUT2D eigenvalue weighted by atomic mass is 9.85. The summed E-state index contributed by atoms with van der Waals surface area (Å²) in [5.41, 5.74) is 0.576. The lowest BCUT2D eigenvalue weighted by Crippen LogP contribution is -2.55. The molecule has 1 heterocycles. The molecule has 1 saturated carbocycles. The zero-order valence-electron chi connectivity index (χ0n) is 14.2. The maximum absolute atomic E-state index is 12.2. The summed E-state index contributed by atoms with van der Waals surface area (Å²) in [6.45, 7) is 3.61. The van der Waals surface area contributed by atoms with Gasteiger partial charge in [-0.05, 0) is 31.5 Å². The normalized spacial score (nSPS) is 21.4. The molecular weight excluding hydrogens is 326 g/mol. The number of rotatable bonds is 6. The van der Waals surface area contributed by atoms with Crippen molar-refractivity contribution >= 4 is 17.7 Å². The summed E-state index contributed by atoms with van der Waals surface area (Å²) in [5, 5.41) is 14.6. The molecular formula is C17H23N3O5. The molecule has 8 heteroatoms. The van der Waals surface area contributed by atoms with Crippen LogP contribution in [0.1, 0.15) is 19.8 Å². The highest BCUT2D eigenvalue weighted by Crippen LogP contribution is 2.37. The fourth-order valence-corrected chi connectivity index (χ4v) is 3.19. The van der Waals surface area contributed by atoms with Crippen molar-refractivity contribution in [2.45, 2.75) is 31.8 Å². The van der Waals surface area contributed by atoms with Crippen molar-refractivity contribution in [2.75, 3.05) is 31.6 Å². The molecule has 1 aromatic rings. The van der Waals surface area contributed by atoms with Crippen LogP contribution in [0, 0.1) is 0 Å². The Kier molecular flexibility index (Phi) is 5.28. The van der Waals surface area contributed by atoms with Gasteiger partial charge in [0.1, 0.15) is 13.2 Å². The van der Waals surface area contributed by atoms with Crippen LogP contribution in [0.2, 0.25) is 0 Å². The molecule has 3 N–H and O–H groups in total. The van der Waals surface area contributed by atoms with Crippen molar-refractivity contribution in [3.8, 4) is 11.5 Å². The molecule has 2 amide bonds. The smallest absolute Gasteiger partial charge is 0.319 e. The molecule has 0 spiro atoms. The molecule has 0 unspecified atom stereocenters. The first-order valence-electron chi connectivity index (χ1n) is 8.48. The monoisotopic (exact) mass is 349 g/mol. The number of urea groups is 1. The summed E-state index contributed by atoms with van der Waals surface area (Å²) in [7, 11) is 0. The van der Waals surface area contributed by atoms with E-state index in [0.717, 1.165) is 12.8 Å². The van der Waals surface area contributed by atoms with Gasteiger partial charge in [0.15, 0.2) is 11.5 Å². The van der Waals surface area contributed by atoms with E-state index in [-0.39, 0.29) is 24.7 Å². The van der Waals surface area contributed by atoms with E-state index in [1.807, 2.05) is 11.8 Å². The van der Waals surface area contributed by atoms with E-state index in [1.54, 1.807) is 18.2 Å². The number of carboxylic acids is 1. The quantitative estimate of drug-likeness (QED) is 0.720. The Labute approximate surface area is 146 Å². The maximum Gasteiger partial charge on any atom is 0.319 e. The Morgan fingerprint density at radius 1 is 1.28 bits per heavy atom.